The highest BCUT2D eigenvalue weighted by molar-refractivity contribution is 5.63. The third-order valence-corrected chi connectivity index (χ3v) is 4.61. The van der Waals surface area contributed by atoms with E-state index in [2.05, 4.69) is 32.4 Å². The average molecular weight is 370 g/mol. The molecule has 0 atom stereocenters. The monoisotopic (exact) mass is 370 g/mol. The zero-order valence-electron chi connectivity index (χ0n) is 15.2. The Morgan fingerprint density at radius 2 is 1.43 bits per heavy atom. The fourth-order valence-electron chi connectivity index (χ4n) is 3.25. The molecule has 4 aromatic rings. The van der Waals surface area contributed by atoms with Crippen LogP contribution in [-0.2, 0) is 6.42 Å². The minimum absolute atomic E-state index is 0.0577. The summed E-state index contributed by atoms with van der Waals surface area (Å²) in [7, 11) is 0. The third kappa shape index (κ3) is 4.20. The fraction of sp³-hybridized carbons (Fsp3) is 0.0870. The van der Waals surface area contributed by atoms with Gasteiger partial charge >= 0.3 is 0 Å². The van der Waals surface area contributed by atoms with Gasteiger partial charge in [-0.15, -0.1) is 0 Å². The van der Waals surface area contributed by atoms with E-state index in [1.54, 1.807) is 24.8 Å². The standard InChI is InChI=1S/C23H19FN4/c24-20-8-7-17(23(13-20)28-21-6-3-11-27-16-21)12-22(18-4-1-9-25-14-18)19-5-2-10-26-15-19/h1-11,13-16,22,28H,12H2. The molecule has 0 fully saturated rings. The molecular formula is C23H19FN4. The maximum atomic E-state index is 14.0. The van der Waals surface area contributed by atoms with Crippen LogP contribution < -0.4 is 5.32 Å². The maximum absolute atomic E-state index is 14.0. The number of nitrogens with one attached hydrogen (secondary N) is 1. The predicted molar refractivity (Wildman–Crippen MR) is 108 cm³/mol. The molecular weight excluding hydrogens is 351 g/mol. The number of hydrogen-bond donors (Lipinski definition) is 1. The van der Waals surface area contributed by atoms with Gasteiger partial charge in [-0.3, -0.25) is 15.0 Å². The first kappa shape index (κ1) is 17.8. The van der Waals surface area contributed by atoms with E-state index < -0.39 is 0 Å². The number of pyridine rings is 3. The van der Waals surface area contributed by atoms with Gasteiger partial charge in [0, 0.05) is 42.6 Å². The molecule has 3 aromatic heterocycles. The van der Waals surface area contributed by atoms with E-state index >= 15 is 0 Å². The molecule has 0 spiro atoms. The smallest absolute Gasteiger partial charge is 0.125 e. The van der Waals surface area contributed by atoms with Crippen LogP contribution >= 0.6 is 0 Å². The summed E-state index contributed by atoms with van der Waals surface area (Å²) in [5.74, 6) is -0.225. The summed E-state index contributed by atoms with van der Waals surface area (Å²) in [6, 6.07) is 16.6. The summed E-state index contributed by atoms with van der Waals surface area (Å²) in [6.45, 7) is 0. The SMILES string of the molecule is Fc1ccc(CC(c2cccnc2)c2cccnc2)c(Nc2cccnc2)c1. The highest BCUT2D eigenvalue weighted by Gasteiger charge is 2.18. The number of anilines is 2. The van der Waals surface area contributed by atoms with Crippen molar-refractivity contribution < 1.29 is 4.39 Å². The molecule has 1 aromatic carbocycles. The Balaban J connectivity index is 1.71. The van der Waals surface area contributed by atoms with E-state index in [-0.39, 0.29) is 11.7 Å². The van der Waals surface area contributed by atoms with Gasteiger partial charge in [-0.1, -0.05) is 18.2 Å². The van der Waals surface area contributed by atoms with Crippen molar-refractivity contribution >= 4 is 11.4 Å². The van der Waals surface area contributed by atoms with E-state index in [0.29, 0.717) is 6.42 Å². The third-order valence-electron chi connectivity index (χ3n) is 4.61. The fourth-order valence-corrected chi connectivity index (χ4v) is 3.25. The molecule has 0 saturated carbocycles. The number of hydrogen-bond acceptors (Lipinski definition) is 4. The molecule has 3 heterocycles. The van der Waals surface area contributed by atoms with Gasteiger partial charge in [0.25, 0.3) is 0 Å². The normalized spacial score (nSPS) is 10.8. The average Bonchev–Trinajstić information content (AvgIpc) is 2.75. The second kappa shape index (κ2) is 8.39. The van der Waals surface area contributed by atoms with Gasteiger partial charge in [0.05, 0.1) is 11.9 Å². The quantitative estimate of drug-likeness (QED) is 0.511. The molecule has 0 saturated heterocycles. The molecule has 0 unspecified atom stereocenters. The van der Waals surface area contributed by atoms with Crippen molar-refractivity contribution in [2.75, 3.05) is 5.32 Å². The largest absolute Gasteiger partial charge is 0.354 e. The van der Waals surface area contributed by atoms with Crippen molar-refractivity contribution in [3.8, 4) is 0 Å². The zero-order chi connectivity index (χ0) is 19.2. The van der Waals surface area contributed by atoms with Crippen LogP contribution in [0.2, 0.25) is 0 Å². The number of halogens is 1. The molecule has 0 aliphatic carbocycles. The topological polar surface area (TPSA) is 50.7 Å². The zero-order valence-corrected chi connectivity index (χ0v) is 15.2. The van der Waals surface area contributed by atoms with E-state index in [1.807, 2.05) is 42.7 Å². The van der Waals surface area contributed by atoms with Gasteiger partial charge in [-0.05, 0) is 59.5 Å². The van der Waals surface area contributed by atoms with Gasteiger partial charge in [0.1, 0.15) is 5.82 Å². The first-order chi connectivity index (χ1) is 13.8. The molecule has 1 N–H and O–H groups in total. The van der Waals surface area contributed by atoms with Gasteiger partial charge < -0.3 is 5.32 Å². The van der Waals surface area contributed by atoms with Crippen LogP contribution in [0.5, 0.6) is 0 Å². The second-order valence-electron chi connectivity index (χ2n) is 6.50. The molecule has 4 rings (SSSR count). The van der Waals surface area contributed by atoms with E-state index in [1.165, 1.54) is 12.1 Å². The van der Waals surface area contributed by atoms with E-state index in [0.717, 1.165) is 28.1 Å². The van der Waals surface area contributed by atoms with Crippen LogP contribution in [0.4, 0.5) is 15.8 Å². The molecule has 0 radical (unpaired) electrons. The van der Waals surface area contributed by atoms with Crippen LogP contribution in [0.3, 0.4) is 0 Å². The Morgan fingerprint density at radius 1 is 0.786 bits per heavy atom. The predicted octanol–water partition coefficient (Wildman–Crippen LogP) is 5.13. The first-order valence-corrected chi connectivity index (χ1v) is 9.05. The first-order valence-electron chi connectivity index (χ1n) is 9.05. The number of rotatable bonds is 6. The second-order valence-corrected chi connectivity index (χ2v) is 6.50. The van der Waals surface area contributed by atoms with Crippen molar-refractivity contribution in [3.63, 3.8) is 0 Å². The molecule has 0 bridgehead atoms. The van der Waals surface area contributed by atoms with Gasteiger partial charge in [-0.2, -0.15) is 0 Å². The molecule has 0 aliphatic heterocycles. The van der Waals surface area contributed by atoms with Gasteiger partial charge in [-0.25, -0.2) is 4.39 Å². The molecule has 0 aliphatic rings. The molecule has 0 amide bonds. The summed E-state index contributed by atoms with van der Waals surface area (Å²) in [4.78, 5) is 12.7. The van der Waals surface area contributed by atoms with Gasteiger partial charge in [0.15, 0.2) is 0 Å². The Kier molecular flexibility index (Phi) is 5.33. The number of benzene rings is 1. The lowest BCUT2D eigenvalue weighted by atomic mass is 9.87. The summed E-state index contributed by atoms with van der Waals surface area (Å²) in [6.07, 6.45) is 11.4. The van der Waals surface area contributed by atoms with Crippen molar-refractivity contribution in [1.29, 1.82) is 0 Å². The number of nitrogens with zero attached hydrogens (tertiary/aromatic N) is 3. The van der Waals surface area contributed by atoms with Crippen LogP contribution in [-0.4, -0.2) is 15.0 Å². The Bertz CT molecular complexity index is 985. The van der Waals surface area contributed by atoms with Crippen molar-refractivity contribution in [3.05, 3.63) is 114 Å². The van der Waals surface area contributed by atoms with Crippen LogP contribution in [0, 0.1) is 5.82 Å². The highest BCUT2D eigenvalue weighted by Crippen LogP contribution is 2.31. The van der Waals surface area contributed by atoms with Crippen LogP contribution in [0.15, 0.2) is 91.8 Å². The highest BCUT2D eigenvalue weighted by atomic mass is 19.1. The molecule has 138 valence electrons. The minimum atomic E-state index is -0.283. The van der Waals surface area contributed by atoms with Gasteiger partial charge in [0.2, 0.25) is 0 Å². The Morgan fingerprint density at radius 3 is 2.00 bits per heavy atom. The van der Waals surface area contributed by atoms with E-state index in [9.17, 15) is 4.39 Å². The Labute approximate surface area is 163 Å². The van der Waals surface area contributed by atoms with E-state index in [4.69, 9.17) is 0 Å². The van der Waals surface area contributed by atoms with Crippen molar-refractivity contribution in [1.82, 2.24) is 15.0 Å². The lowest BCUT2D eigenvalue weighted by molar-refractivity contribution is 0.627. The lowest BCUT2D eigenvalue weighted by Gasteiger charge is -2.20. The summed E-state index contributed by atoms with van der Waals surface area (Å²) >= 11 is 0. The minimum Gasteiger partial charge on any atom is -0.354 e. The van der Waals surface area contributed by atoms with Crippen LogP contribution in [0.25, 0.3) is 0 Å². The Hall–Kier alpha value is -3.60. The van der Waals surface area contributed by atoms with Crippen molar-refractivity contribution in [2.45, 2.75) is 12.3 Å². The van der Waals surface area contributed by atoms with Crippen LogP contribution in [0.1, 0.15) is 22.6 Å². The molecule has 28 heavy (non-hydrogen) atoms. The summed E-state index contributed by atoms with van der Waals surface area (Å²) in [5, 5.41) is 3.29. The summed E-state index contributed by atoms with van der Waals surface area (Å²) in [5.41, 5.74) is 4.72. The summed E-state index contributed by atoms with van der Waals surface area (Å²) < 4.78 is 14.0. The van der Waals surface area contributed by atoms with Crippen molar-refractivity contribution in [2.24, 2.45) is 0 Å². The maximum Gasteiger partial charge on any atom is 0.125 e. The molecule has 5 heteroatoms. The lowest BCUT2D eigenvalue weighted by Crippen LogP contribution is -2.08. The molecule has 4 nitrogen and oxygen atoms in total. The number of aromatic nitrogens is 3.